The summed E-state index contributed by atoms with van der Waals surface area (Å²) >= 11 is 0. The van der Waals surface area contributed by atoms with E-state index in [1.807, 2.05) is 19.9 Å². The van der Waals surface area contributed by atoms with Crippen molar-refractivity contribution in [2.24, 2.45) is 33.5 Å². The molecular weight excluding hydrogens is 408 g/mol. The Morgan fingerprint density at radius 3 is 2.59 bits per heavy atom. The van der Waals surface area contributed by atoms with Crippen molar-refractivity contribution < 1.29 is 29.0 Å². The van der Waals surface area contributed by atoms with Crippen LogP contribution >= 0.6 is 0 Å². The minimum atomic E-state index is -1.21. The number of aliphatic hydroxyl groups is 2. The van der Waals surface area contributed by atoms with Gasteiger partial charge in [-0.15, -0.1) is 0 Å². The predicted molar refractivity (Wildman–Crippen MR) is 115 cm³/mol. The molecule has 0 unspecified atom stereocenters. The van der Waals surface area contributed by atoms with E-state index in [0.717, 1.165) is 31.1 Å². The van der Waals surface area contributed by atoms with Crippen LogP contribution in [0.1, 0.15) is 58.4 Å². The molecule has 1 spiro atoms. The molecule has 6 nitrogen and oxygen atoms in total. The van der Waals surface area contributed by atoms with E-state index in [4.69, 9.17) is 9.15 Å². The smallest absolute Gasteiger partial charge is 0.161 e. The van der Waals surface area contributed by atoms with Crippen LogP contribution in [-0.4, -0.2) is 46.2 Å². The lowest BCUT2D eigenvalue weighted by atomic mass is 9.35. The van der Waals surface area contributed by atoms with Gasteiger partial charge in [0.1, 0.15) is 11.9 Å². The van der Waals surface area contributed by atoms with Crippen molar-refractivity contribution in [3.63, 3.8) is 0 Å². The molecule has 0 aromatic carbocycles. The third kappa shape index (κ3) is 1.89. The Kier molecular flexibility index (Phi) is 3.79. The van der Waals surface area contributed by atoms with Crippen molar-refractivity contribution in [1.82, 2.24) is 0 Å². The van der Waals surface area contributed by atoms with E-state index in [2.05, 4.69) is 6.92 Å². The summed E-state index contributed by atoms with van der Waals surface area (Å²) in [6, 6.07) is 2.01. The van der Waals surface area contributed by atoms with E-state index >= 15 is 0 Å². The molecular formula is C26H32O6. The maximum atomic E-state index is 13.5. The molecule has 11 atom stereocenters. The van der Waals surface area contributed by atoms with Crippen molar-refractivity contribution >= 4 is 12.1 Å². The number of carbonyl (C=O) groups is 2. The van der Waals surface area contributed by atoms with Gasteiger partial charge < -0.3 is 24.2 Å². The van der Waals surface area contributed by atoms with Crippen molar-refractivity contribution in [2.75, 3.05) is 0 Å². The van der Waals surface area contributed by atoms with E-state index < -0.39 is 40.0 Å². The third-order valence-electron chi connectivity index (χ3n) is 10.9. The van der Waals surface area contributed by atoms with Crippen molar-refractivity contribution in [3.05, 3.63) is 36.3 Å². The van der Waals surface area contributed by atoms with Crippen LogP contribution < -0.4 is 0 Å². The highest BCUT2D eigenvalue weighted by Gasteiger charge is 2.88. The Morgan fingerprint density at radius 2 is 1.94 bits per heavy atom. The van der Waals surface area contributed by atoms with Gasteiger partial charge in [0.25, 0.3) is 0 Å². The molecule has 3 saturated carbocycles. The second kappa shape index (κ2) is 5.83. The summed E-state index contributed by atoms with van der Waals surface area (Å²) in [6.45, 7) is 7.93. The number of ketones is 1. The first-order valence-corrected chi connectivity index (χ1v) is 11.8. The normalized spacial score (nSPS) is 57.9. The molecule has 2 heterocycles. The first kappa shape index (κ1) is 20.8. The van der Waals surface area contributed by atoms with Crippen LogP contribution in [-0.2, 0) is 14.3 Å². The monoisotopic (exact) mass is 440 g/mol. The quantitative estimate of drug-likeness (QED) is 0.542. The fraction of sp³-hybridized carbons (Fsp3) is 0.692. The molecule has 6 rings (SSSR count). The predicted octanol–water partition coefficient (Wildman–Crippen LogP) is 3.03. The lowest BCUT2D eigenvalue weighted by Gasteiger charge is -2.68. The van der Waals surface area contributed by atoms with Crippen LogP contribution in [0, 0.1) is 33.5 Å². The third-order valence-corrected chi connectivity index (χ3v) is 10.9. The molecule has 4 aliphatic carbocycles. The molecule has 4 fully saturated rings. The SMILES string of the molecule is C[C@]1(C=O)C=CC(=O)[C@]2(C)[C@H]3CC[C@]4(C)[C@H](c5ccoc5)C[C@@H]5O[C@@]54[C@]3(C)[C@H](O)[C@H](O)[C@@H]12. The number of rotatable bonds is 2. The first-order chi connectivity index (χ1) is 15.0. The van der Waals surface area contributed by atoms with Crippen LogP contribution in [0.3, 0.4) is 0 Å². The van der Waals surface area contributed by atoms with Gasteiger partial charge in [0, 0.05) is 27.6 Å². The average molecular weight is 441 g/mol. The number of fused-ring (bicyclic) bond motifs is 3. The highest BCUT2D eigenvalue weighted by atomic mass is 16.6. The van der Waals surface area contributed by atoms with Gasteiger partial charge in [-0.1, -0.05) is 26.8 Å². The van der Waals surface area contributed by atoms with Crippen molar-refractivity contribution in [3.8, 4) is 0 Å². The summed E-state index contributed by atoms with van der Waals surface area (Å²) in [6.07, 6.45) is 7.52. The molecule has 1 saturated heterocycles. The lowest BCUT2D eigenvalue weighted by molar-refractivity contribution is -0.263. The maximum Gasteiger partial charge on any atom is 0.161 e. The van der Waals surface area contributed by atoms with Gasteiger partial charge in [0.2, 0.25) is 0 Å². The minimum absolute atomic E-state index is 0.0334. The lowest BCUT2D eigenvalue weighted by Crippen LogP contribution is -2.75. The molecule has 0 radical (unpaired) electrons. The largest absolute Gasteiger partial charge is 0.472 e. The number of ether oxygens (including phenoxy) is 1. The van der Waals surface area contributed by atoms with E-state index in [1.165, 1.54) is 6.08 Å². The second-order valence-electron chi connectivity index (χ2n) is 11.9. The molecule has 5 aliphatic rings. The fourth-order valence-electron chi connectivity index (χ4n) is 9.52. The number of furan rings is 1. The van der Waals surface area contributed by atoms with Gasteiger partial charge in [-0.05, 0) is 55.7 Å². The molecule has 1 aliphatic heterocycles. The van der Waals surface area contributed by atoms with Gasteiger partial charge in [-0.2, -0.15) is 0 Å². The fourth-order valence-corrected chi connectivity index (χ4v) is 9.52. The number of aliphatic hydroxyl groups excluding tert-OH is 2. The van der Waals surface area contributed by atoms with Crippen LogP contribution in [0.4, 0.5) is 0 Å². The zero-order valence-corrected chi connectivity index (χ0v) is 19.1. The molecule has 172 valence electrons. The summed E-state index contributed by atoms with van der Waals surface area (Å²) in [4.78, 5) is 25.7. The number of aldehydes is 1. The van der Waals surface area contributed by atoms with E-state index in [1.54, 1.807) is 25.5 Å². The molecule has 2 N–H and O–H groups in total. The highest BCUT2D eigenvalue weighted by molar-refractivity contribution is 5.98. The summed E-state index contributed by atoms with van der Waals surface area (Å²) in [5, 5.41) is 23.3. The Labute approximate surface area is 188 Å². The molecule has 0 amide bonds. The number of hydrogen-bond acceptors (Lipinski definition) is 6. The van der Waals surface area contributed by atoms with Crippen LogP contribution in [0.2, 0.25) is 0 Å². The standard InChI is InChI=1S/C26H32O6/c1-22(13-27)8-6-17(28)24(3)16-5-9-23(2)15(14-7-10-31-12-14)11-18-26(23,32-18)25(16,4)21(30)19(29)20(22)24/h6-8,10,12-13,15-16,18-21,29-30H,5,9,11H2,1-4H3/t15-,16+,18-,19+,20-,21+,22+,23+,24-,25-,26-/m0/s1. The van der Waals surface area contributed by atoms with Crippen LogP contribution in [0.25, 0.3) is 0 Å². The zero-order chi connectivity index (χ0) is 22.9. The second-order valence-corrected chi connectivity index (χ2v) is 11.9. The Balaban J connectivity index is 1.53. The van der Waals surface area contributed by atoms with Gasteiger partial charge in [-0.3, -0.25) is 4.79 Å². The summed E-state index contributed by atoms with van der Waals surface area (Å²) in [5.41, 5.74) is -2.53. The first-order valence-electron chi connectivity index (χ1n) is 11.8. The van der Waals surface area contributed by atoms with Crippen LogP contribution in [0.5, 0.6) is 0 Å². The number of carbonyl (C=O) groups excluding carboxylic acids is 2. The zero-order valence-electron chi connectivity index (χ0n) is 19.1. The Morgan fingerprint density at radius 1 is 1.19 bits per heavy atom. The topological polar surface area (TPSA) is 100 Å². The Hall–Kier alpha value is -1.76. The summed E-state index contributed by atoms with van der Waals surface area (Å²) in [7, 11) is 0. The van der Waals surface area contributed by atoms with Crippen LogP contribution in [0.15, 0.2) is 35.2 Å². The molecule has 32 heavy (non-hydrogen) atoms. The van der Waals surface area contributed by atoms with E-state index in [9.17, 15) is 19.8 Å². The number of hydrogen-bond donors (Lipinski definition) is 2. The van der Waals surface area contributed by atoms with E-state index in [-0.39, 0.29) is 29.1 Å². The maximum absolute atomic E-state index is 13.5. The summed E-state index contributed by atoms with van der Waals surface area (Å²) in [5.74, 6) is -0.723. The molecule has 6 heteroatoms. The van der Waals surface area contributed by atoms with Gasteiger partial charge in [0.05, 0.1) is 30.8 Å². The number of epoxide rings is 1. The number of allylic oxidation sites excluding steroid dienone is 2. The average Bonchev–Trinajstić information content (AvgIpc) is 3.13. The Bertz CT molecular complexity index is 1030. The van der Waals surface area contributed by atoms with Gasteiger partial charge in [-0.25, -0.2) is 0 Å². The van der Waals surface area contributed by atoms with Gasteiger partial charge >= 0.3 is 0 Å². The molecule has 1 aromatic heterocycles. The summed E-state index contributed by atoms with van der Waals surface area (Å²) < 4.78 is 11.9. The van der Waals surface area contributed by atoms with Crippen molar-refractivity contribution in [2.45, 2.75) is 76.8 Å². The van der Waals surface area contributed by atoms with Gasteiger partial charge in [0.15, 0.2) is 5.78 Å². The van der Waals surface area contributed by atoms with Crippen molar-refractivity contribution in [1.29, 1.82) is 0 Å². The molecule has 1 aromatic rings. The molecule has 0 bridgehead atoms. The minimum Gasteiger partial charge on any atom is -0.472 e. The highest BCUT2D eigenvalue weighted by Crippen LogP contribution is 2.82. The van der Waals surface area contributed by atoms with E-state index in [0.29, 0.717) is 0 Å².